The van der Waals surface area contributed by atoms with E-state index < -0.39 is 0 Å². The van der Waals surface area contributed by atoms with Crippen molar-refractivity contribution in [3.8, 4) is 6.07 Å². The second kappa shape index (κ2) is 8.54. The molecule has 0 radical (unpaired) electrons. The zero-order chi connectivity index (χ0) is 15.0. The van der Waals surface area contributed by atoms with Gasteiger partial charge in [0.1, 0.15) is 0 Å². The number of nitrogens with zero attached hydrogens (tertiary/aromatic N) is 3. The number of piperidine rings is 1. The van der Waals surface area contributed by atoms with Crippen molar-refractivity contribution in [2.24, 2.45) is 5.92 Å². The van der Waals surface area contributed by atoms with Crippen LogP contribution in [0.4, 0.5) is 0 Å². The Hall–Kier alpha value is -1.61. The number of likely N-dealkylation sites (tertiary alicyclic amines) is 1. The van der Waals surface area contributed by atoms with Crippen LogP contribution >= 0.6 is 0 Å². The predicted molar refractivity (Wildman–Crippen MR) is 75.7 cm³/mol. The summed E-state index contributed by atoms with van der Waals surface area (Å²) in [6, 6.07) is 2.03. The number of nitriles is 1. The highest BCUT2D eigenvalue weighted by molar-refractivity contribution is 5.78. The number of hydrogen-bond acceptors (Lipinski definition) is 4. The molecule has 1 atom stereocenters. The van der Waals surface area contributed by atoms with Crippen molar-refractivity contribution in [2.45, 2.75) is 25.7 Å². The molecule has 1 aliphatic rings. The average Bonchev–Trinajstić information content (AvgIpc) is 2.49. The lowest BCUT2D eigenvalue weighted by atomic mass is 9.97. The molecule has 0 saturated carbocycles. The minimum Gasteiger partial charge on any atom is -0.359 e. The van der Waals surface area contributed by atoms with Gasteiger partial charge in [-0.05, 0) is 19.4 Å². The Balaban J connectivity index is 2.32. The first-order chi connectivity index (χ1) is 9.58. The van der Waals surface area contributed by atoms with Crippen LogP contribution in [0.3, 0.4) is 0 Å². The lowest BCUT2D eigenvalue weighted by Gasteiger charge is -2.31. The van der Waals surface area contributed by atoms with Crippen molar-refractivity contribution in [1.29, 1.82) is 5.26 Å². The normalized spacial score (nSPS) is 19.1. The van der Waals surface area contributed by atoms with Crippen LogP contribution in [0.15, 0.2) is 0 Å². The van der Waals surface area contributed by atoms with Gasteiger partial charge in [0.05, 0.1) is 18.4 Å². The van der Waals surface area contributed by atoms with E-state index in [0.717, 1.165) is 25.9 Å². The fourth-order valence-electron chi connectivity index (χ4n) is 2.46. The molecule has 2 amide bonds. The molecule has 20 heavy (non-hydrogen) atoms. The quantitative estimate of drug-likeness (QED) is 0.754. The number of carbonyl (C=O) groups excluding carboxylic acids is 2. The summed E-state index contributed by atoms with van der Waals surface area (Å²) in [6.45, 7) is 2.84. The molecule has 1 heterocycles. The first-order valence-corrected chi connectivity index (χ1v) is 7.13. The highest BCUT2D eigenvalue weighted by Crippen LogP contribution is 2.16. The van der Waals surface area contributed by atoms with Gasteiger partial charge in [-0.25, -0.2) is 0 Å². The Labute approximate surface area is 120 Å². The number of carbonyl (C=O) groups is 2. The zero-order valence-corrected chi connectivity index (χ0v) is 12.4. The Morgan fingerprint density at radius 1 is 1.50 bits per heavy atom. The predicted octanol–water partition coefficient (Wildman–Crippen LogP) is 0.207. The molecule has 6 nitrogen and oxygen atoms in total. The van der Waals surface area contributed by atoms with Gasteiger partial charge in [0.25, 0.3) is 0 Å². The van der Waals surface area contributed by atoms with Gasteiger partial charge in [-0.3, -0.25) is 9.59 Å². The third-order valence-electron chi connectivity index (χ3n) is 3.75. The van der Waals surface area contributed by atoms with Crippen LogP contribution in [0, 0.1) is 17.2 Å². The van der Waals surface area contributed by atoms with Crippen molar-refractivity contribution in [2.75, 3.05) is 40.3 Å². The van der Waals surface area contributed by atoms with Crippen molar-refractivity contribution in [3.05, 3.63) is 0 Å². The second-order valence-corrected chi connectivity index (χ2v) is 5.23. The topological polar surface area (TPSA) is 76.4 Å². The van der Waals surface area contributed by atoms with E-state index in [1.54, 1.807) is 19.0 Å². The van der Waals surface area contributed by atoms with Gasteiger partial charge in [0, 0.05) is 40.2 Å². The van der Waals surface area contributed by atoms with E-state index in [4.69, 9.17) is 5.26 Å². The van der Waals surface area contributed by atoms with Gasteiger partial charge in [-0.2, -0.15) is 5.26 Å². The molecule has 0 spiro atoms. The molecular formula is C14H24N4O2. The summed E-state index contributed by atoms with van der Waals surface area (Å²) in [5, 5.41) is 11.2. The lowest BCUT2D eigenvalue weighted by Crippen LogP contribution is -2.43. The van der Waals surface area contributed by atoms with Gasteiger partial charge in [0.2, 0.25) is 11.8 Å². The number of nitrogens with one attached hydrogen (secondary N) is 1. The Bertz CT molecular complexity index is 378. The maximum Gasteiger partial charge on any atom is 0.224 e. The van der Waals surface area contributed by atoms with Gasteiger partial charge in [-0.1, -0.05) is 0 Å². The van der Waals surface area contributed by atoms with Crippen molar-refractivity contribution < 1.29 is 9.59 Å². The molecule has 0 aromatic carbocycles. The summed E-state index contributed by atoms with van der Waals surface area (Å²) < 4.78 is 0. The molecule has 1 aliphatic heterocycles. The van der Waals surface area contributed by atoms with Crippen LogP contribution in [0.5, 0.6) is 0 Å². The van der Waals surface area contributed by atoms with E-state index in [0.29, 0.717) is 25.9 Å². The molecule has 0 aromatic rings. The smallest absolute Gasteiger partial charge is 0.224 e. The van der Waals surface area contributed by atoms with Gasteiger partial charge >= 0.3 is 0 Å². The summed E-state index contributed by atoms with van der Waals surface area (Å²) in [5.74, 6) is 0.189. The Morgan fingerprint density at radius 3 is 2.90 bits per heavy atom. The fraction of sp³-hybridized carbons (Fsp3) is 0.786. The maximum absolute atomic E-state index is 11.9. The molecule has 1 unspecified atom stereocenters. The zero-order valence-electron chi connectivity index (χ0n) is 12.4. The fourth-order valence-corrected chi connectivity index (χ4v) is 2.46. The first-order valence-electron chi connectivity index (χ1n) is 7.13. The molecule has 0 aliphatic carbocycles. The summed E-state index contributed by atoms with van der Waals surface area (Å²) in [5.41, 5.74) is 0. The molecule has 6 heteroatoms. The summed E-state index contributed by atoms with van der Waals surface area (Å²) in [7, 11) is 3.39. The Morgan fingerprint density at radius 2 is 2.25 bits per heavy atom. The monoisotopic (exact) mass is 280 g/mol. The lowest BCUT2D eigenvalue weighted by molar-refractivity contribution is -0.130. The molecule has 0 aromatic heterocycles. The molecule has 1 N–H and O–H groups in total. The van der Waals surface area contributed by atoms with Crippen LogP contribution in [0.25, 0.3) is 0 Å². The van der Waals surface area contributed by atoms with E-state index in [1.165, 1.54) is 0 Å². The van der Waals surface area contributed by atoms with E-state index in [2.05, 4.69) is 10.2 Å². The van der Waals surface area contributed by atoms with Gasteiger partial charge < -0.3 is 15.1 Å². The van der Waals surface area contributed by atoms with E-state index in [9.17, 15) is 9.59 Å². The molecule has 1 rings (SSSR count). The highest BCUT2D eigenvalue weighted by atomic mass is 16.2. The summed E-state index contributed by atoms with van der Waals surface area (Å²) in [4.78, 5) is 27.3. The van der Waals surface area contributed by atoms with E-state index in [1.807, 2.05) is 6.07 Å². The molecule has 0 bridgehead atoms. The number of rotatable bonds is 6. The third kappa shape index (κ3) is 5.17. The van der Waals surface area contributed by atoms with E-state index in [-0.39, 0.29) is 17.7 Å². The van der Waals surface area contributed by atoms with Crippen LogP contribution in [-0.4, -0.2) is 61.9 Å². The number of amides is 2. The van der Waals surface area contributed by atoms with Crippen LogP contribution in [0.2, 0.25) is 0 Å². The summed E-state index contributed by atoms with van der Waals surface area (Å²) >= 11 is 0. The largest absolute Gasteiger partial charge is 0.359 e. The van der Waals surface area contributed by atoms with Gasteiger partial charge in [-0.15, -0.1) is 0 Å². The maximum atomic E-state index is 11.9. The van der Waals surface area contributed by atoms with Crippen LogP contribution < -0.4 is 5.32 Å². The average molecular weight is 280 g/mol. The van der Waals surface area contributed by atoms with E-state index >= 15 is 0 Å². The minimum atomic E-state index is 0.0418. The third-order valence-corrected chi connectivity index (χ3v) is 3.75. The molecular weight excluding hydrogens is 256 g/mol. The first kappa shape index (κ1) is 16.4. The second-order valence-electron chi connectivity index (χ2n) is 5.23. The summed E-state index contributed by atoms with van der Waals surface area (Å²) in [6.07, 6.45) is 2.73. The number of hydrogen-bond donors (Lipinski definition) is 1. The van der Waals surface area contributed by atoms with Crippen LogP contribution in [-0.2, 0) is 9.59 Å². The van der Waals surface area contributed by atoms with Crippen LogP contribution in [0.1, 0.15) is 25.7 Å². The van der Waals surface area contributed by atoms with Crippen molar-refractivity contribution in [3.63, 3.8) is 0 Å². The Kier molecular flexibility index (Phi) is 7.02. The van der Waals surface area contributed by atoms with Crippen molar-refractivity contribution >= 4 is 11.8 Å². The highest BCUT2D eigenvalue weighted by Gasteiger charge is 2.25. The SMILES string of the molecule is CNC(=O)C1CCCN(CCC(=O)N(C)CCC#N)C1. The molecule has 1 fully saturated rings. The van der Waals surface area contributed by atoms with Gasteiger partial charge in [0.15, 0.2) is 0 Å². The minimum absolute atomic E-state index is 0.0418. The standard InChI is InChI=1S/C14H24N4O2/c1-16-14(20)12-5-3-9-18(11-12)10-6-13(19)17(2)8-4-7-15/h12H,3-6,8-11H2,1-2H3,(H,16,20). The molecule has 1 saturated heterocycles. The van der Waals surface area contributed by atoms with Crippen molar-refractivity contribution in [1.82, 2.24) is 15.1 Å². The molecule has 112 valence electrons.